The van der Waals surface area contributed by atoms with Gasteiger partial charge in [0.05, 0.1) is 0 Å². The van der Waals surface area contributed by atoms with Crippen molar-refractivity contribution in [2.75, 3.05) is 4.90 Å². The van der Waals surface area contributed by atoms with E-state index in [0.29, 0.717) is 0 Å². The Morgan fingerprint density at radius 3 is 1.25 bits per heavy atom. The summed E-state index contributed by atoms with van der Waals surface area (Å²) in [6, 6.07) is 70.9. The molecule has 0 N–H and O–H groups in total. The molecule has 274 valence electrons. The predicted octanol–water partition coefficient (Wildman–Crippen LogP) is 16.4. The van der Waals surface area contributed by atoms with Crippen LogP contribution in [0, 0.1) is 0 Å². The third-order valence-electron chi connectivity index (χ3n) is 11.1. The number of hydrogen-bond acceptors (Lipinski definition) is 1. The van der Waals surface area contributed by atoms with Crippen LogP contribution in [0.3, 0.4) is 0 Å². The fourth-order valence-corrected chi connectivity index (χ4v) is 8.35. The maximum atomic E-state index is 2.35. The molecule has 1 heteroatoms. The second-order valence-electron chi connectivity index (χ2n) is 14.4. The Morgan fingerprint density at radius 1 is 0.333 bits per heavy atom. The Morgan fingerprint density at radius 2 is 0.737 bits per heavy atom. The zero-order valence-electron chi connectivity index (χ0n) is 32.6. The lowest BCUT2D eigenvalue weighted by molar-refractivity contribution is 1.04. The average molecular weight is 732 g/mol. The Hall–Kier alpha value is -6.96. The maximum Gasteiger partial charge on any atom is 0.0462 e. The van der Waals surface area contributed by atoms with Crippen LogP contribution in [-0.2, 0) is 0 Å². The second-order valence-corrected chi connectivity index (χ2v) is 14.4. The highest BCUT2D eigenvalue weighted by Gasteiger charge is 2.16. The number of rotatable bonds is 7. The van der Waals surface area contributed by atoms with Crippen LogP contribution in [0.15, 0.2) is 212 Å². The van der Waals surface area contributed by atoms with Gasteiger partial charge in [-0.3, -0.25) is 0 Å². The summed E-state index contributed by atoms with van der Waals surface area (Å²) in [6.45, 7) is 4.00. The molecule has 0 aromatic heterocycles. The van der Waals surface area contributed by atoms with E-state index < -0.39 is 0 Å². The van der Waals surface area contributed by atoms with Gasteiger partial charge in [0.1, 0.15) is 0 Å². The van der Waals surface area contributed by atoms with Crippen molar-refractivity contribution in [1.82, 2.24) is 0 Å². The summed E-state index contributed by atoms with van der Waals surface area (Å²) in [7, 11) is 0. The molecule has 0 spiro atoms. The van der Waals surface area contributed by atoms with Crippen LogP contribution in [0.4, 0.5) is 17.1 Å². The summed E-state index contributed by atoms with van der Waals surface area (Å²) < 4.78 is 0. The van der Waals surface area contributed by atoms with E-state index in [1.807, 2.05) is 13.8 Å². The van der Waals surface area contributed by atoms with Crippen LogP contribution < -0.4 is 4.90 Å². The number of nitrogens with zero attached hydrogens (tertiary/aromatic N) is 1. The van der Waals surface area contributed by atoms with Crippen molar-refractivity contribution in [3.05, 3.63) is 218 Å². The molecule has 0 fully saturated rings. The summed E-state index contributed by atoms with van der Waals surface area (Å²) in [5.41, 5.74) is 13.2. The lowest BCUT2D eigenvalue weighted by Gasteiger charge is -2.26. The topological polar surface area (TPSA) is 3.24 Å². The molecule has 0 bridgehead atoms. The number of allylic oxidation sites excluding steroid dienone is 4. The van der Waals surface area contributed by atoms with Gasteiger partial charge in [-0.25, -0.2) is 0 Å². The van der Waals surface area contributed by atoms with Gasteiger partial charge in [-0.15, -0.1) is 0 Å². The zero-order valence-corrected chi connectivity index (χ0v) is 32.6. The van der Waals surface area contributed by atoms with Gasteiger partial charge < -0.3 is 4.90 Å². The fourth-order valence-electron chi connectivity index (χ4n) is 8.35. The van der Waals surface area contributed by atoms with Crippen molar-refractivity contribution in [2.24, 2.45) is 0 Å². The van der Waals surface area contributed by atoms with Crippen LogP contribution in [0.25, 0.3) is 71.3 Å². The van der Waals surface area contributed by atoms with E-state index >= 15 is 0 Å². The minimum absolute atomic E-state index is 1.10. The molecule has 0 radical (unpaired) electrons. The van der Waals surface area contributed by atoms with Crippen LogP contribution in [0.1, 0.15) is 32.3 Å². The molecule has 9 aromatic carbocycles. The van der Waals surface area contributed by atoms with Gasteiger partial charge in [0.15, 0.2) is 0 Å². The highest BCUT2D eigenvalue weighted by atomic mass is 15.1. The molecule has 1 aliphatic carbocycles. The predicted molar refractivity (Wildman–Crippen MR) is 248 cm³/mol. The Balaban J connectivity index is 0.00000208. The molecule has 0 atom stereocenters. The SMILES string of the molecule is C1=CC(c2ccc(N(c3ccc(-c4ccccc4)cc3)c3ccc(-c4ccc(-c5cccc6c7ccccc7c7ccccc7c56)cc4)cc3)cc2)=CCC1.CC. The van der Waals surface area contributed by atoms with Crippen molar-refractivity contribution in [2.45, 2.75) is 26.7 Å². The molecule has 0 saturated heterocycles. The van der Waals surface area contributed by atoms with Crippen molar-refractivity contribution in [3.63, 3.8) is 0 Å². The lowest BCUT2D eigenvalue weighted by atomic mass is 9.89. The van der Waals surface area contributed by atoms with Crippen LogP contribution in [-0.4, -0.2) is 0 Å². The van der Waals surface area contributed by atoms with Gasteiger partial charge in [-0.2, -0.15) is 0 Å². The third-order valence-corrected chi connectivity index (χ3v) is 11.1. The first-order chi connectivity index (χ1) is 28.3. The van der Waals surface area contributed by atoms with E-state index in [4.69, 9.17) is 0 Å². The number of benzene rings is 9. The summed E-state index contributed by atoms with van der Waals surface area (Å²) in [5, 5.41) is 7.80. The van der Waals surface area contributed by atoms with E-state index in [-0.39, 0.29) is 0 Å². The third kappa shape index (κ3) is 6.94. The van der Waals surface area contributed by atoms with Gasteiger partial charge in [0.2, 0.25) is 0 Å². The van der Waals surface area contributed by atoms with Crippen LogP contribution in [0.5, 0.6) is 0 Å². The van der Waals surface area contributed by atoms with E-state index in [0.717, 1.165) is 29.9 Å². The van der Waals surface area contributed by atoms with Crippen LogP contribution >= 0.6 is 0 Å². The average Bonchev–Trinajstić information content (AvgIpc) is 3.31. The lowest BCUT2D eigenvalue weighted by Crippen LogP contribution is -2.10. The summed E-state index contributed by atoms with van der Waals surface area (Å²) in [4.78, 5) is 2.35. The fraction of sp³-hybridized carbons (Fsp3) is 0.0714. The summed E-state index contributed by atoms with van der Waals surface area (Å²) >= 11 is 0. The summed E-state index contributed by atoms with van der Waals surface area (Å²) in [5.74, 6) is 0. The highest BCUT2D eigenvalue weighted by Crippen LogP contribution is 2.41. The van der Waals surface area contributed by atoms with Crippen LogP contribution in [0.2, 0.25) is 0 Å². The first-order valence-electron chi connectivity index (χ1n) is 20.2. The number of anilines is 3. The van der Waals surface area contributed by atoms with Crippen molar-refractivity contribution in [3.8, 4) is 33.4 Å². The molecule has 0 unspecified atom stereocenters. The number of fused-ring (bicyclic) bond motifs is 6. The number of hydrogen-bond donors (Lipinski definition) is 0. The Labute approximate surface area is 336 Å². The van der Waals surface area contributed by atoms with E-state index in [2.05, 4.69) is 217 Å². The van der Waals surface area contributed by atoms with Gasteiger partial charge in [-0.05, 0) is 126 Å². The van der Waals surface area contributed by atoms with Gasteiger partial charge in [0.25, 0.3) is 0 Å². The highest BCUT2D eigenvalue weighted by molar-refractivity contribution is 6.28. The molecule has 0 heterocycles. The molecule has 0 saturated carbocycles. The molecule has 1 aliphatic rings. The standard InChI is InChI=1S/C54H39N.C2H6/c1-3-12-38(13-4-1)41-26-32-45(33-27-41)55(46-34-28-42(29-35-46)39-14-5-2-6-15-39)47-36-30-43(31-37-47)40-22-24-44(25-23-40)48-20-11-21-53-51-17-8-7-16-49(51)50-18-9-10-19-52(50)54(48)53;1-2/h1,3-5,7-37H,2,6H2;1-2H3. The van der Waals surface area contributed by atoms with Gasteiger partial charge in [0, 0.05) is 17.1 Å². The van der Waals surface area contributed by atoms with Gasteiger partial charge >= 0.3 is 0 Å². The minimum atomic E-state index is 1.10. The van der Waals surface area contributed by atoms with Crippen molar-refractivity contribution >= 4 is 55.0 Å². The Kier molecular flexibility index (Phi) is 10.0. The quantitative estimate of drug-likeness (QED) is 0.148. The first kappa shape index (κ1) is 35.7. The van der Waals surface area contributed by atoms with Crippen molar-refractivity contribution < 1.29 is 0 Å². The van der Waals surface area contributed by atoms with Crippen molar-refractivity contribution in [1.29, 1.82) is 0 Å². The second kappa shape index (κ2) is 16.0. The molecule has 10 rings (SSSR count). The van der Waals surface area contributed by atoms with E-state index in [9.17, 15) is 0 Å². The molecule has 1 nitrogen and oxygen atoms in total. The largest absolute Gasteiger partial charge is 0.311 e. The van der Waals surface area contributed by atoms with Gasteiger partial charge in [-0.1, -0.05) is 190 Å². The molecule has 0 amide bonds. The molecular formula is C56H45N. The van der Waals surface area contributed by atoms with E-state index in [1.54, 1.807) is 0 Å². The monoisotopic (exact) mass is 731 g/mol. The smallest absolute Gasteiger partial charge is 0.0462 e. The van der Waals surface area contributed by atoms with E-state index in [1.165, 1.54) is 76.8 Å². The molecular weight excluding hydrogens is 687 g/mol. The maximum absolute atomic E-state index is 2.35. The minimum Gasteiger partial charge on any atom is -0.311 e. The normalized spacial score (nSPS) is 12.3. The molecule has 57 heavy (non-hydrogen) atoms. The zero-order chi connectivity index (χ0) is 38.6. The molecule has 0 aliphatic heterocycles. The summed E-state index contributed by atoms with van der Waals surface area (Å²) in [6.07, 6.45) is 9.07. The Bertz CT molecular complexity index is 2820. The molecule has 9 aromatic rings. The first-order valence-corrected chi connectivity index (χ1v) is 20.2.